The van der Waals surface area contributed by atoms with Gasteiger partial charge in [0, 0.05) is 24.0 Å². The zero-order valence-corrected chi connectivity index (χ0v) is 8.06. The maximum atomic E-state index is 5.16. The van der Waals surface area contributed by atoms with Gasteiger partial charge >= 0.3 is 0 Å². The number of nitrogens with one attached hydrogen (secondary N) is 1. The molecular formula is C9H12N2S. The van der Waals surface area contributed by atoms with Crippen molar-refractivity contribution in [1.82, 2.24) is 10.3 Å². The van der Waals surface area contributed by atoms with Crippen LogP contribution in [0.25, 0.3) is 0 Å². The van der Waals surface area contributed by atoms with Crippen molar-refractivity contribution >= 4 is 17.2 Å². The van der Waals surface area contributed by atoms with E-state index < -0.39 is 0 Å². The van der Waals surface area contributed by atoms with Gasteiger partial charge < -0.3 is 5.32 Å². The van der Waals surface area contributed by atoms with E-state index >= 15 is 0 Å². The summed E-state index contributed by atoms with van der Waals surface area (Å²) in [6, 6.07) is 4.18. The topological polar surface area (TPSA) is 24.9 Å². The van der Waals surface area contributed by atoms with E-state index in [0.717, 1.165) is 10.6 Å². The van der Waals surface area contributed by atoms with Crippen molar-refractivity contribution in [2.24, 2.45) is 0 Å². The van der Waals surface area contributed by atoms with Gasteiger partial charge in [-0.05, 0) is 26.0 Å². The zero-order valence-electron chi connectivity index (χ0n) is 7.24. The van der Waals surface area contributed by atoms with E-state index in [-0.39, 0.29) is 0 Å². The van der Waals surface area contributed by atoms with Crippen molar-refractivity contribution in [3.63, 3.8) is 0 Å². The molecule has 0 amide bonds. The fraction of sp³-hybridized carbons (Fsp3) is 0.333. The molecule has 1 N–H and O–H groups in total. The SMILES string of the molecule is CC(C)NC(=S)c1ccncc1. The van der Waals surface area contributed by atoms with Crippen LogP contribution >= 0.6 is 12.2 Å². The smallest absolute Gasteiger partial charge is 0.106 e. The summed E-state index contributed by atoms with van der Waals surface area (Å²) in [5.41, 5.74) is 1.02. The summed E-state index contributed by atoms with van der Waals surface area (Å²) >= 11 is 5.16. The van der Waals surface area contributed by atoms with Gasteiger partial charge in [0.05, 0.1) is 0 Å². The van der Waals surface area contributed by atoms with Gasteiger partial charge in [0.15, 0.2) is 0 Å². The van der Waals surface area contributed by atoms with E-state index in [0.29, 0.717) is 6.04 Å². The van der Waals surface area contributed by atoms with E-state index in [1.807, 2.05) is 12.1 Å². The Balaban J connectivity index is 2.66. The minimum atomic E-state index is 0.380. The largest absolute Gasteiger partial charge is 0.374 e. The summed E-state index contributed by atoms with van der Waals surface area (Å²) in [4.78, 5) is 4.70. The predicted octanol–water partition coefficient (Wildman–Crippen LogP) is 1.76. The van der Waals surface area contributed by atoms with Crippen LogP contribution in [0.4, 0.5) is 0 Å². The van der Waals surface area contributed by atoms with E-state index in [2.05, 4.69) is 24.1 Å². The molecule has 0 radical (unpaired) electrons. The summed E-state index contributed by atoms with van der Waals surface area (Å²) in [6.07, 6.45) is 3.48. The fourth-order valence-corrected chi connectivity index (χ4v) is 1.22. The van der Waals surface area contributed by atoms with Gasteiger partial charge in [-0.25, -0.2) is 0 Å². The third kappa shape index (κ3) is 2.58. The van der Waals surface area contributed by atoms with Gasteiger partial charge in [-0.15, -0.1) is 0 Å². The highest BCUT2D eigenvalue weighted by Crippen LogP contribution is 1.97. The second kappa shape index (κ2) is 4.16. The van der Waals surface area contributed by atoms with Crippen LogP contribution in [0.1, 0.15) is 19.4 Å². The minimum absolute atomic E-state index is 0.380. The monoisotopic (exact) mass is 180 g/mol. The highest BCUT2D eigenvalue weighted by molar-refractivity contribution is 7.80. The highest BCUT2D eigenvalue weighted by Gasteiger charge is 2.00. The molecule has 0 aliphatic rings. The van der Waals surface area contributed by atoms with Crippen LogP contribution in [0.3, 0.4) is 0 Å². The van der Waals surface area contributed by atoms with Crippen molar-refractivity contribution in [2.45, 2.75) is 19.9 Å². The van der Waals surface area contributed by atoms with Gasteiger partial charge in [0.1, 0.15) is 4.99 Å². The summed E-state index contributed by atoms with van der Waals surface area (Å²) in [6.45, 7) is 4.13. The number of hydrogen-bond acceptors (Lipinski definition) is 2. The van der Waals surface area contributed by atoms with Crippen LogP contribution in [-0.4, -0.2) is 16.0 Å². The quantitative estimate of drug-likeness (QED) is 0.702. The molecule has 1 aromatic rings. The van der Waals surface area contributed by atoms with Gasteiger partial charge in [-0.2, -0.15) is 0 Å². The van der Waals surface area contributed by atoms with E-state index in [4.69, 9.17) is 12.2 Å². The molecule has 3 heteroatoms. The molecule has 0 spiro atoms. The third-order valence-corrected chi connectivity index (χ3v) is 1.72. The van der Waals surface area contributed by atoms with Gasteiger partial charge in [0.25, 0.3) is 0 Å². The van der Waals surface area contributed by atoms with Crippen LogP contribution in [0.2, 0.25) is 0 Å². The van der Waals surface area contributed by atoms with Crippen molar-refractivity contribution in [3.8, 4) is 0 Å². The van der Waals surface area contributed by atoms with Gasteiger partial charge in [0.2, 0.25) is 0 Å². The zero-order chi connectivity index (χ0) is 8.97. The van der Waals surface area contributed by atoms with Crippen LogP contribution in [0.15, 0.2) is 24.5 Å². The first-order chi connectivity index (χ1) is 5.70. The van der Waals surface area contributed by atoms with Crippen molar-refractivity contribution in [1.29, 1.82) is 0 Å². The standard InChI is InChI=1S/C9H12N2S/c1-7(2)11-9(12)8-3-5-10-6-4-8/h3-7H,1-2H3,(H,11,12). The molecular weight excluding hydrogens is 168 g/mol. The molecule has 0 aromatic carbocycles. The molecule has 2 nitrogen and oxygen atoms in total. The van der Waals surface area contributed by atoms with E-state index in [9.17, 15) is 0 Å². The van der Waals surface area contributed by atoms with Crippen molar-refractivity contribution in [3.05, 3.63) is 30.1 Å². The van der Waals surface area contributed by atoms with Crippen LogP contribution in [0.5, 0.6) is 0 Å². The van der Waals surface area contributed by atoms with E-state index in [1.165, 1.54) is 0 Å². The Morgan fingerprint density at radius 1 is 1.42 bits per heavy atom. The summed E-state index contributed by atoms with van der Waals surface area (Å²) in [5.74, 6) is 0. The fourth-order valence-electron chi connectivity index (χ4n) is 0.849. The maximum absolute atomic E-state index is 5.16. The van der Waals surface area contributed by atoms with E-state index in [1.54, 1.807) is 12.4 Å². The number of thiocarbonyl (C=S) groups is 1. The lowest BCUT2D eigenvalue weighted by atomic mass is 10.2. The molecule has 0 fully saturated rings. The molecule has 0 aliphatic heterocycles. The summed E-state index contributed by atoms with van der Waals surface area (Å²) in [5, 5.41) is 3.16. The number of rotatable bonds is 2. The van der Waals surface area contributed by atoms with Crippen LogP contribution in [-0.2, 0) is 0 Å². The molecule has 0 atom stereocenters. The lowest BCUT2D eigenvalue weighted by molar-refractivity contribution is 0.740. The average molecular weight is 180 g/mol. The molecule has 0 bridgehead atoms. The highest BCUT2D eigenvalue weighted by atomic mass is 32.1. The van der Waals surface area contributed by atoms with Crippen LogP contribution in [0, 0.1) is 0 Å². The normalized spacial score (nSPS) is 9.92. The minimum Gasteiger partial charge on any atom is -0.374 e. The Labute approximate surface area is 78.0 Å². The molecule has 0 aliphatic carbocycles. The molecule has 1 aromatic heterocycles. The van der Waals surface area contributed by atoms with Crippen LogP contribution < -0.4 is 5.32 Å². The van der Waals surface area contributed by atoms with Gasteiger partial charge in [-0.1, -0.05) is 12.2 Å². The Bertz CT molecular complexity index is 256. The maximum Gasteiger partial charge on any atom is 0.106 e. The summed E-state index contributed by atoms with van der Waals surface area (Å²) < 4.78 is 0. The lowest BCUT2D eigenvalue weighted by Gasteiger charge is -2.10. The Morgan fingerprint density at radius 2 is 2.00 bits per heavy atom. The summed E-state index contributed by atoms with van der Waals surface area (Å²) in [7, 11) is 0. The average Bonchev–Trinajstić information content (AvgIpc) is 2.05. The first-order valence-electron chi connectivity index (χ1n) is 3.91. The van der Waals surface area contributed by atoms with Gasteiger partial charge in [-0.3, -0.25) is 4.98 Å². The lowest BCUT2D eigenvalue weighted by Crippen LogP contribution is -2.29. The third-order valence-electron chi connectivity index (χ3n) is 1.36. The molecule has 12 heavy (non-hydrogen) atoms. The number of pyridine rings is 1. The number of hydrogen-bond donors (Lipinski definition) is 1. The Morgan fingerprint density at radius 3 is 2.50 bits per heavy atom. The predicted molar refractivity (Wildman–Crippen MR) is 54.2 cm³/mol. The Hall–Kier alpha value is -0.960. The van der Waals surface area contributed by atoms with Crippen molar-refractivity contribution < 1.29 is 0 Å². The first-order valence-corrected chi connectivity index (χ1v) is 4.32. The Kier molecular flexibility index (Phi) is 3.17. The molecule has 0 saturated heterocycles. The molecule has 64 valence electrons. The molecule has 1 rings (SSSR count). The molecule has 0 unspecified atom stereocenters. The second-order valence-electron chi connectivity index (χ2n) is 2.86. The van der Waals surface area contributed by atoms with Crippen molar-refractivity contribution in [2.75, 3.05) is 0 Å². The second-order valence-corrected chi connectivity index (χ2v) is 3.27. The molecule has 1 heterocycles. The number of aromatic nitrogens is 1. The molecule has 0 saturated carbocycles. The number of nitrogens with zero attached hydrogens (tertiary/aromatic N) is 1. The first kappa shape index (κ1) is 9.13.